The van der Waals surface area contributed by atoms with Gasteiger partial charge in [-0.2, -0.15) is 0 Å². The third kappa shape index (κ3) is 5.85. The van der Waals surface area contributed by atoms with E-state index in [4.69, 9.17) is 15.2 Å². The summed E-state index contributed by atoms with van der Waals surface area (Å²) >= 11 is 0. The number of pyridine rings is 1. The van der Waals surface area contributed by atoms with Crippen molar-refractivity contribution in [2.45, 2.75) is 26.5 Å². The summed E-state index contributed by atoms with van der Waals surface area (Å²) in [7, 11) is 1.58. The van der Waals surface area contributed by atoms with E-state index in [1.807, 2.05) is 19.1 Å². The molecule has 6 heteroatoms. The lowest BCUT2D eigenvalue weighted by molar-refractivity contribution is 0.0951. The van der Waals surface area contributed by atoms with Gasteiger partial charge in [-0.15, -0.1) is 0 Å². The number of ether oxygens (including phenoxy) is 2. The summed E-state index contributed by atoms with van der Waals surface area (Å²) in [5.74, 6) is -0.0345. The SMILES string of the molecule is CCOCCc1ccc(CNC(=O)c2ccc(COC)nc2N)cc1. The highest BCUT2D eigenvalue weighted by molar-refractivity contribution is 5.98. The highest BCUT2D eigenvalue weighted by atomic mass is 16.5. The summed E-state index contributed by atoms with van der Waals surface area (Å²) in [6.07, 6.45) is 0.885. The Morgan fingerprint density at radius 2 is 1.88 bits per heavy atom. The van der Waals surface area contributed by atoms with Gasteiger partial charge in [0.15, 0.2) is 0 Å². The number of amides is 1. The second-order valence-electron chi connectivity index (χ2n) is 5.61. The zero-order chi connectivity index (χ0) is 18.1. The Morgan fingerprint density at radius 3 is 2.52 bits per heavy atom. The number of nitrogens with one attached hydrogen (secondary N) is 1. The molecular formula is C19H25N3O3. The molecule has 0 spiro atoms. The van der Waals surface area contributed by atoms with Crippen LogP contribution in [0.4, 0.5) is 5.82 Å². The largest absolute Gasteiger partial charge is 0.383 e. The maximum atomic E-state index is 12.3. The van der Waals surface area contributed by atoms with Crippen LogP contribution in [0.5, 0.6) is 0 Å². The zero-order valence-corrected chi connectivity index (χ0v) is 14.7. The molecule has 1 aromatic heterocycles. The van der Waals surface area contributed by atoms with Gasteiger partial charge in [-0.05, 0) is 36.6 Å². The number of hydrogen-bond donors (Lipinski definition) is 2. The van der Waals surface area contributed by atoms with Crippen molar-refractivity contribution < 1.29 is 14.3 Å². The smallest absolute Gasteiger partial charge is 0.255 e. The topological polar surface area (TPSA) is 86.5 Å². The monoisotopic (exact) mass is 343 g/mol. The van der Waals surface area contributed by atoms with Crippen molar-refractivity contribution in [3.8, 4) is 0 Å². The Morgan fingerprint density at radius 1 is 1.16 bits per heavy atom. The van der Waals surface area contributed by atoms with Crippen LogP contribution in [-0.2, 0) is 29.0 Å². The fourth-order valence-electron chi connectivity index (χ4n) is 2.37. The summed E-state index contributed by atoms with van der Waals surface area (Å²) in [5.41, 5.74) is 9.16. The number of anilines is 1. The number of carbonyl (C=O) groups is 1. The number of hydrogen-bond acceptors (Lipinski definition) is 5. The predicted molar refractivity (Wildman–Crippen MR) is 97.2 cm³/mol. The second-order valence-corrected chi connectivity index (χ2v) is 5.61. The van der Waals surface area contributed by atoms with E-state index in [-0.39, 0.29) is 11.7 Å². The average Bonchev–Trinajstić information content (AvgIpc) is 2.61. The Labute approximate surface area is 148 Å². The van der Waals surface area contributed by atoms with E-state index in [0.717, 1.165) is 25.2 Å². The Hall–Kier alpha value is -2.44. The zero-order valence-electron chi connectivity index (χ0n) is 14.7. The van der Waals surface area contributed by atoms with Crippen LogP contribution in [0.15, 0.2) is 36.4 Å². The summed E-state index contributed by atoms with van der Waals surface area (Å²) in [4.78, 5) is 16.4. The number of benzene rings is 1. The highest BCUT2D eigenvalue weighted by Gasteiger charge is 2.11. The first kappa shape index (κ1) is 18.9. The third-order valence-electron chi connectivity index (χ3n) is 3.73. The minimum atomic E-state index is -0.241. The molecule has 0 atom stereocenters. The number of methoxy groups -OCH3 is 1. The number of aromatic nitrogens is 1. The van der Waals surface area contributed by atoms with Gasteiger partial charge in [0.1, 0.15) is 5.82 Å². The van der Waals surface area contributed by atoms with Gasteiger partial charge < -0.3 is 20.5 Å². The molecule has 1 aromatic carbocycles. The van der Waals surface area contributed by atoms with Crippen LogP contribution >= 0.6 is 0 Å². The lowest BCUT2D eigenvalue weighted by Crippen LogP contribution is -2.24. The quantitative estimate of drug-likeness (QED) is 0.682. The maximum Gasteiger partial charge on any atom is 0.255 e. The molecule has 0 bridgehead atoms. The fourth-order valence-corrected chi connectivity index (χ4v) is 2.37. The molecule has 1 heterocycles. The van der Waals surface area contributed by atoms with Gasteiger partial charge in [-0.1, -0.05) is 24.3 Å². The first-order valence-electron chi connectivity index (χ1n) is 8.32. The molecule has 2 aromatic rings. The van der Waals surface area contributed by atoms with E-state index in [0.29, 0.717) is 24.4 Å². The van der Waals surface area contributed by atoms with Gasteiger partial charge in [-0.3, -0.25) is 4.79 Å². The molecule has 0 fully saturated rings. The summed E-state index contributed by atoms with van der Waals surface area (Å²) in [6.45, 7) is 4.23. The van der Waals surface area contributed by atoms with Crippen LogP contribution in [0.1, 0.15) is 34.1 Å². The minimum Gasteiger partial charge on any atom is -0.383 e. The normalized spacial score (nSPS) is 10.6. The second kappa shape index (κ2) is 9.76. The van der Waals surface area contributed by atoms with Crippen molar-refractivity contribution in [3.63, 3.8) is 0 Å². The molecule has 2 rings (SSSR count). The van der Waals surface area contributed by atoms with Crippen molar-refractivity contribution in [1.82, 2.24) is 10.3 Å². The van der Waals surface area contributed by atoms with Gasteiger partial charge in [0.05, 0.1) is 24.5 Å². The van der Waals surface area contributed by atoms with Crippen LogP contribution in [0.3, 0.4) is 0 Å². The molecule has 1 amide bonds. The molecular weight excluding hydrogens is 318 g/mol. The number of nitrogen functional groups attached to an aromatic ring is 1. The summed E-state index contributed by atoms with van der Waals surface area (Å²) in [5, 5.41) is 2.86. The standard InChI is InChI=1S/C19H25N3O3/c1-3-25-11-10-14-4-6-15(7-5-14)12-21-19(23)17-9-8-16(13-24-2)22-18(17)20/h4-9H,3,10-13H2,1-2H3,(H2,20,22)(H,21,23). The highest BCUT2D eigenvalue weighted by Crippen LogP contribution is 2.11. The molecule has 0 saturated heterocycles. The Bertz CT molecular complexity index is 687. The molecule has 0 aliphatic heterocycles. The number of nitrogens with zero attached hydrogens (tertiary/aromatic N) is 1. The van der Waals surface area contributed by atoms with Crippen LogP contribution < -0.4 is 11.1 Å². The maximum absolute atomic E-state index is 12.3. The van der Waals surface area contributed by atoms with Gasteiger partial charge in [0.2, 0.25) is 0 Å². The van der Waals surface area contributed by atoms with Crippen molar-refractivity contribution >= 4 is 11.7 Å². The van der Waals surface area contributed by atoms with E-state index in [2.05, 4.69) is 22.4 Å². The molecule has 25 heavy (non-hydrogen) atoms. The molecule has 0 unspecified atom stereocenters. The van der Waals surface area contributed by atoms with Gasteiger partial charge in [0.25, 0.3) is 5.91 Å². The van der Waals surface area contributed by atoms with E-state index >= 15 is 0 Å². The third-order valence-corrected chi connectivity index (χ3v) is 3.73. The molecule has 0 aliphatic rings. The van der Waals surface area contributed by atoms with Gasteiger partial charge in [0, 0.05) is 20.3 Å². The van der Waals surface area contributed by atoms with Crippen molar-refractivity contribution in [1.29, 1.82) is 0 Å². The van der Waals surface area contributed by atoms with Crippen molar-refractivity contribution in [2.75, 3.05) is 26.1 Å². The fraction of sp³-hybridized carbons (Fsp3) is 0.368. The summed E-state index contributed by atoms with van der Waals surface area (Å²) in [6, 6.07) is 11.5. The number of rotatable bonds is 9. The molecule has 0 saturated carbocycles. The predicted octanol–water partition coefficient (Wildman–Crippen LogP) is 2.32. The van der Waals surface area contributed by atoms with Crippen LogP contribution in [0.25, 0.3) is 0 Å². The van der Waals surface area contributed by atoms with E-state index in [1.165, 1.54) is 5.56 Å². The first-order valence-corrected chi connectivity index (χ1v) is 8.32. The Balaban J connectivity index is 1.89. The molecule has 134 valence electrons. The molecule has 0 aliphatic carbocycles. The molecule has 0 radical (unpaired) electrons. The Kier molecular flexibility index (Phi) is 7.37. The summed E-state index contributed by atoms with van der Waals surface area (Å²) < 4.78 is 10.4. The van der Waals surface area contributed by atoms with Crippen molar-refractivity contribution in [3.05, 3.63) is 58.8 Å². The first-order chi connectivity index (χ1) is 12.1. The van der Waals surface area contributed by atoms with Crippen molar-refractivity contribution in [2.24, 2.45) is 0 Å². The number of nitrogens with two attached hydrogens (primary N) is 1. The van der Waals surface area contributed by atoms with Gasteiger partial charge >= 0.3 is 0 Å². The van der Waals surface area contributed by atoms with Crippen LogP contribution in [0, 0.1) is 0 Å². The van der Waals surface area contributed by atoms with Crippen LogP contribution in [0.2, 0.25) is 0 Å². The number of carbonyl (C=O) groups excluding carboxylic acids is 1. The van der Waals surface area contributed by atoms with Gasteiger partial charge in [-0.25, -0.2) is 4.98 Å². The lowest BCUT2D eigenvalue weighted by atomic mass is 10.1. The van der Waals surface area contributed by atoms with Crippen LogP contribution in [-0.4, -0.2) is 31.2 Å². The van der Waals surface area contributed by atoms with E-state index in [1.54, 1.807) is 19.2 Å². The van der Waals surface area contributed by atoms with E-state index in [9.17, 15) is 4.79 Å². The minimum absolute atomic E-state index is 0.207. The van der Waals surface area contributed by atoms with E-state index < -0.39 is 0 Å². The average molecular weight is 343 g/mol. The molecule has 3 N–H and O–H groups in total. The molecule has 6 nitrogen and oxygen atoms in total. The lowest BCUT2D eigenvalue weighted by Gasteiger charge is -2.09.